The molecule has 0 radical (unpaired) electrons. The van der Waals surface area contributed by atoms with Crippen molar-refractivity contribution in [3.8, 4) is 11.3 Å². The van der Waals surface area contributed by atoms with Crippen molar-refractivity contribution in [1.82, 2.24) is 13.7 Å². The van der Waals surface area contributed by atoms with Gasteiger partial charge in [-0.25, -0.2) is 14.4 Å². The van der Waals surface area contributed by atoms with E-state index in [2.05, 4.69) is 5.32 Å². The van der Waals surface area contributed by atoms with Crippen LogP contribution in [0.4, 0.5) is 5.69 Å². The SMILES string of the molecule is COC(=O)c1cn(C)c(-c2ccc(NC(=O)Cn3c(=O)n(C)c4ccccc43)cc2)c1C(=O)OC. The number of carbonyl (C=O) groups is 3. The summed E-state index contributed by atoms with van der Waals surface area (Å²) in [5.41, 5.74) is 2.93. The highest BCUT2D eigenvalue weighted by molar-refractivity contribution is 6.07. The van der Waals surface area contributed by atoms with Crippen molar-refractivity contribution in [3.63, 3.8) is 0 Å². The number of rotatable bonds is 6. The minimum absolute atomic E-state index is 0.0916. The Morgan fingerprint density at radius 2 is 1.51 bits per heavy atom. The van der Waals surface area contributed by atoms with Crippen LogP contribution in [0, 0.1) is 0 Å². The van der Waals surface area contributed by atoms with Crippen LogP contribution >= 0.6 is 0 Å². The number of hydrogen-bond acceptors (Lipinski definition) is 6. The number of amides is 1. The van der Waals surface area contributed by atoms with Crippen LogP contribution in [-0.2, 0) is 34.9 Å². The number of aryl methyl sites for hydroxylation is 2. The minimum Gasteiger partial charge on any atom is -0.465 e. The fraction of sp³-hybridized carbons (Fsp3) is 0.200. The molecule has 1 amide bonds. The lowest BCUT2D eigenvalue weighted by atomic mass is 10.0. The number of ether oxygens (including phenoxy) is 2. The molecular formula is C25H24N4O6. The second-order valence-corrected chi connectivity index (χ2v) is 7.90. The molecule has 0 unspecified atom stereocenters. The maximum Gasteiger partial charge on any atom is 0.340 e. The van der Waals surface area contributed by atoms with Crippen molar-refractivity contribution >= 4 is 34.6 Å². The predicted octanol–water partition coefficient (Wildman–Crippen LogP) is 2.56. The average molecular weight is 476 g/mol. The number of hydrogen-bond donors (Lipinski definition) is 1. The van der Waals surface area contributed by atoms with Crippen LogP contribution in [0.5, 0.6) is 0 Å². The van der Waals surface area contributed by atoms with Crippen molar-refractivity contribution in [1.29, 1.82) is 0 Å². The number of benzene rings is 2. The van der Waals surface area contributed by atoms with E-state index in [1.54, 1.807) is 49.0 Å². The van der Waals surface area contributed by atoms with E-state index in [1.807, 2.05) is 18.2 Å². The Morgan fingerprint density at radius 1 is 0.886 bits per heavy atom. The maximum absolute atomic E-state index is 12.7. The first-order valence-electron chi connectivity index (χ1n) is 10.7. The Morgan fingerprint density at radius 3 is 2.14 bits per heavy atom. The van der Waals surface area contributed by atoms with Gasteiger partial charge in [0.25, 0.3) is 0 Å². The molecule has 0 aliphatic carbocycles. The normalized spacial score (nSPS) is 10.9. The fourth-order valence-electron chi connectivity index (χ4n) is 4.12. The number of methoxy groups -OCH3 is 2. The van der Waals surface area contributed by atoms with Gasteiger partial charge in [0, 0.05) is 26.0 Å². The van der Waals surface area contributed by atoms with E-state index in [1.165, 1.54) is 29.6 Å². The van der Waals surface area contributed by atoms with Gasteiger partial charge in [0.2, 0.25) is 5.91 Å². The second-order valence-electron chi connectivity index (χ2n) is 7.90. The second kappa shape index (κ2) is 9.34. The summed E-state index contributed by atoms with van der Waals surface area (Å²) in [5.74, 6) is -1.68. The molecule has 10 heteroatoms. The molecule has 0 aliphatic rings. The van der Waals surface area contributed by atoms with E-state index in [9.17, 15) is 19.2 Å². The zero-order chi connectivity index (χ0) is 25.3. The molecule has 0 fully saturated rings. The van der Waals surface area contributed by atoms with Crippen molar-refractivity contribution in [3.05, 3.63) is 76.3 Å². The Balaban J connectivity index is 1.59. The van der Waals surface area contributed by atoms with E-state index < -0.39 is 11.9 Å². The number of para-hydroxylation sites is 2. The maximum atomic E-state index is 12.7. The molecular weight excluding hydrogens is 452 g/mol. The smallest absolute Gasteiger partial charge is 0.340 e. The molecule has 0 spiro atoms. The van der Waals surface area contributed by atoms with Crippen LogP contribution in [0.1, 0.15) is 20.7 Å². The molecule has 2 aromatic carbocycles. The first kappa shape index (κ1) is 23.6. The van der Waals surface area contributed by atoms with Gasteiger partial charge in [0.05, 0.1) is 42.1 Å². The number of nitrogens with one attached hydrogen (secondary N) is 1. The molecule has 10 nitrogen and oxygen atoms in total. The topological polar surface area (TPSA) is 114 Å². The molecule has 0 atom stereocenters. The Kier molecular flexibility index (Phi) is 6.28. The minimum atomic E-state index is -0.668. The van der Waals surface area contributed by atoms with Gasteiger partial charge < -0.3 is 19.4 Å². The van der Waals surface area contributed by atoms with Crippen molar-refractivity contribution < 1.29 is 23.9 Å². The lowest BCUT2D eigenvalue weighted by Crippen LogP contribution is -2.28. The predicted molar refractivity (Wildman–Crippen MR) is 129 cm³/mol. The Labute approximate surface area is 200 Å². The molecule has 35 heavy (non-hydrogen) atoms. The van der Waals surface area contributed by atoms with Crippen LogP contribution < -0.4 is 11.0 Å². The van der Waals surface area contributed by atoms with Crippen molar-refractivity contribution in [2.45, 2.75) is 6.54 Å². The van der Waals surface area contributed by atoms with Crippen LogP contribution in [0.2, 0.25) is 0 Å². The number of aromatic nitrogens is 3. The summed E-state index contributed by atoms with van der Waals surface area (Å²) < 4.78 is 14.2. The first-order valence-corrected chi connectivity index (χ1v) is 10.7. The van der Waals surface area contributed by atoms with Crippen molar-refractivity contribution in [2.24, 2.45) is 14.1 Å². The highest BCUT2D eigenvalue weighted by Gasteiger charge is 2.27. The van der Waals surface area contributed by atoms with Gasteiger partial charge >= 0.3 is 17.6 Å². The number of nitrogens with zero attached hydrogens (tertiary/aromatic N) is 3. The lowest BCUT2D eigenvalue weighted by molar-refractivity contribution is -0.116. The molecule has 2 heterocycles. The summed E-state index contributed by atoms with van der Waals surface area (Å²) >= 11 is 0. The molecule has 1 N–H and O–H groups in total. The molecule has 0 aliphatic heterocycles. The summed E-state index contributed by atoms with van der Waals surface area (Å²) in [6, 6.07) is 14.0. The number of esters is 2. The third kappa shape index (κ3) is 4.21. The van der Waals surface area contributed by atoms with E-state index >= 15 is 0 Å². The number of carbonyl (C=O) groups excluding carboxylic acids is 3. The highest BCUT2D eigenvalue weighted by atomic mass is 16.5. The summed E-state index contributed by atoms with van der Waals surface area (Å²) in [7, 11) is 5.83. The van der Waals surface area contributed by atoms with Crippen LogP contribution in [0.3, 0.4) is 0 Å². The molecule has 0 bridgehead atoms. The molecule has 4 aromatic rings. The molecule has 180 valence electrons. The molecule has 4 rings (SSSR count). The zero-order valence-electron chi connectivity index (χ0n) is 19.7. The summed E-state index contributed by atoms with van der Waals surface area (Å²) in [6.07, 6.45) is 1.50. The molecule has 2 aromatic heterocycles. The van der Waals surface area contributed by atoms with Crippen LogP contribution in [-0.4, -0.2) is 45.8 Å². The number of imidazole rings is 1. The van der Waals surface area contributed by atoms with Crippen molar-refractivity contribution in [2.75, 3.05) is 19.5 Å². The van der Waals surface area contributed by atoms with Crippen LogP contribution in [0.25, 0.3) is 22.3 Å². The standard InChI is InChI=1S/C25H24N4O6/c1-27-13-17(23(31)34-3)21(24(32)35-4)22(27)15-9-11-16(12-10-15)26-20(30)14-29-19-8-6-5-7-18(19)28(2)25(29)33/h5-13H,14H2,1-4H3,(H,26,30). The third-order valence-electron chi connectivity index (χ3n) is 5.77. The van der Waals surface area contributed by atoms with E-state index in [0.29, 0.717) is 22.5 Å². The van der Waals surface area contributed by atoms with Crippen LogP contribution in [0.15, 0.2) is 59.5 Å². The van der Waals surface area contributed by atoms with Gasteiger partial charge in [0.1, 0.15) is 6.54 Å². The fourth-order valence-corrected chi connectivity index (χ4v) is 4.12. The summed E-state index contributed by atoms with van der Waals surface area (Å²) in [4.78, 5) is 49.9. The number of fused-ring (bicyclic) bond motifs is 1. The number of anilines is 1. The van der Waals surface area contributed by atoms with E-state index in [0.717, 1.165) is 5.52 Å². The summed E-state index contributed by atoms with van der Waals surface area (Å²) in [5, 5.41) is 2.79. The van der Waals surface area contributed by atoms with Gasteiger partial charge in [-0.05, 0) is 29.8 Å². The molecule has 0 saturated heterocycles. The Hall–Kier alpha value is -4.60. The van der Waals surface area contributed by atoms with Gasteiger partial charge in [-0.1, -0.05) is 24.3 Å². The Bertz CT molecular complexity index is 1510. The highest BCUT2D eigenvalue weighted by Crippen LogP contribution is 2.30. The summed E-state index contributed by atoms with van der Waals surface area (Å²) in [6.45, 7) is -0.144. The average Bonchev–Trinajstić information content (AvgIpc) is 3.33. The largest absolute Gasteiger partial charge is 0.465 e. The van der Waals surface area contributed by atoms with Gasteiger partial charge in [-0.3, -0.25) is 13.9 Å². The lowest BCUT2D eigenvalue weighted by Gasteiger charge is -2.10. The third-order valence-corrected chi connectivity index (χ3v) is 5.77. The van der Waals surface area contributed by atoms with Gasteiger partial charge in [0.15, 0.2) is 0 Å². The first-order chi connectivity index (χ1) is 16.8. The van der Waals surface area contributed by atoms with E-state index in [4.69, 9.17) is 9.47 Å². The van der Waals surface area contributed by atoms with E-state index in [-0.39, 0.29) is 29.3 Å². The monoisotopic (exact) mass is 476 g/mol. The van der Waals surface area contributed by atoms with Gasteiger partial charge in [-0.2, -0.15) is 0 Å². The molecule has 0 saturated carbocycles. The quantitative estimate of drug-likeness (QED) is 0.428. The zero-order valence-corrected chi connectivity index (χ0v) is 19.7. The van der Waals surface area contributed by atoms with Gasteiger partial charge in [-0.15, -0.1) is 0 Å².